The van der Waals surface area contributed by atoms with Crippen molar-refractivity contribution in [2.24, 2.45) is 4.99 Å². The fourth-order valence-corrected chi connectivity index (χ4v) is 3.43. The van der Waals surface area contributed by atoms with Gasteiger partial charge in [-0.25, -0.2) is 0 Å². The van der Waals surface area contributed by atoms with E-state index in [4.69, 9.17) is 4.99 Å². The van der Waals surface area contributed by atoms with Gasteiger partial charge < -0.3 is 0 Å². The van der Waals surface area contributed by atoms with Crippen molar-refractivity contribution in [3.05, 3.63) is 101 Å². The van der Waals surface area contributed by atoms with Gasteiger partial charge in [-0.2, -0.15) is 0 Å². The van der Waals surface area contributed by atoms with Gasteiger partial charge in [0, 0.05) is 0 Å². The van der Waals surface area contributed by atoms with Gasteiger partial charge in [-0.1, -0.05) is 86.6 Å². The largest absolute Gasteiger partial charge is 0.252 e. The fourth-order valence-electron chi connectivity index (χ4n) is 3.43. The predicted octanol–water partition coefficient (Wildman–Crippen LogP) is 6.08. The Labute approximate surface area is 143 Å². The van der Waals surface area contributed by atoms with Gasteiger partial charge in [0.25, 0.3) is 0 Å². The maximum Gasteiger partial charge on any atom is 0.0675 e. The minimum atomic E-state index is 0.215. The van der Waals surface area contributed by atoms with Crippen LogP contribution in [0.3, 0.4) is 0 Å². The van der Waals surface area contributed by atoms with E-state index in [9.17, 15) is 0 Å². The van der Waals surface area contributed by atoms with Crippen molar-refractivity contribution in [3.8, 4) is 0 Å². The van der Waals surface area contributed by atoms with E-state index in [0.29, 0.717) is 5.92 Å². The number of aliphatic imine (C=N–C) groups is 1. The van der Waals surface area contributed by atoms with E-state index in [2.05, 4.69) is 92.7 Å². The third kappa shape index (κ3) is 2.56. The first kappa shape index (κ1) is 14.9. The lowest BCUT2D eigenvalue weighted by Gasteiger charge is -2.16. The lowest BCUT2D eigenvalue weighted by atomic mass is 9.85. The number of benzene rings is 3. The summed E-state index contributed by atoms with van der Waals surface area (Å²) in [5.74, 6) is 0.763. The lowest BCUT2D eigenvalue weighted by molar-refractivity contribution is 0.866. The lowest BCUT2D eigenvalue weighted by Crippen LogP contribution is -2.11. The molecule has 1 aliphatic heterocycles. The third-order valence-corrected chi connectivity index (χ3v) is 4.77. The molecule has 0 aromatic heterocycles. The second kappa shape index (κ2) is 6.09. The Morgan fingerprint density at radius 1 is 0.750 bits per heavy atom. The summed E-state index contributed by atoms with van der Waals surface area (Å²) in [4.78, 5) is 4.97. The average molecular weight is 311 g/mol. The second-order valence-corrected chi connectivity index (χ2v) is 6.68. The van der Waals surface area contributed by atoms with Crippen LogP contribution in [0.4, 0.5) is 5.69 Å². The first-order chi connectivity index (χ1) is 11.7. The van der Waals surface area contributed by atoms with Gasteiger partial charge >= 0.3 is 0 Å². The number of para-hydroxylation sites is 1. The first-order valence-corrected chi connectivity index (χ1v) is 8.57. The molecule has 1 heteroatoms. The van der Waals surface area contributed by atoms with Gasteiger partial charge in [-0.15, -0.1) is 0 Å². The molecule has 0 spiro atoms. The quantitative estimate of drug-likeness (QED) is 0.556. The molecule has 0 aliphatic carbocycles. The smallest absolute Gasteiger partial charge is 0.0675 e. The number of hydrogen-bond donors (Lipinski definition) is 0. The van der Waals surface area contributed by atoms with E-state index in [1.165, 1.54) is 22.3 Å². The Kier molecular flexibility index (Phi) is 3.78. The molecule has 3 aromatic carbocycles. The molecule has 0 saturated carbocycles. The van der Waals surface area contributed by atoms with Gasteiger partial charge in [-0.05, 0) is 34.2 Å². The van der Waals surface area contributed by atoms with Crippen LogP contribution in [-0.4, -0.2) is 5.71 Å². The maximum atomic E-state index is 4.97. The molecule has 1 nitrogen and oxygen atoms in total. The second-order valence-electron chi connectivity index (χ2n) is 6.68. The molecular formula is C23H21N. The third-order valence-electron chi connectivity index (χ3n) is 4.77. The Balaban J connectivity index is 1.81. The molecule has 0 amide bonds. The van der Waals surface area contributed by atoms with Crippen LogP contribution in [0.2, 0.25) is 0 Å². The van der Waals surface area contributed by atoms with Gasteiger partial charge in [0.1, 0.15) is 0 Å². The number of fused-ring (bicyclic) bond motifs is 1. The number of hydrogen-bond acceptors (Lipinski definition) is 1. The molecule has 4 rings (SSSR count). The zero-order chi connectivity index (χ0) is 16.5. The van der Waals surface area contributed by atoms with Crippen molar-refractivity contribution in [2.75, 3.05) is 0 Å². The van der Waals surface area contributed by atoms with Crippen molar-refractivity contribution >= 4 is 11.4 Å². The maximum absolute atomic E-state index is 4.97. The van der Waals surface area contributed by atoms with E-state index in [-0.39, 0.29) is 5.92 Å². The highest BCUT2D eigenvalue weighted by Crippen LogP contribution is 2.41. The molecule has 24 heavy (non-hydrogen) atoms. The fraction of sp³-hybridized carbons (Fsp3) is 0.174. The van der Waals surface area contributed by atoms with Crippen molar-refractivity contribution in [1.29, 1.82) is 0 Å². The molecule has 3 aromatic rings. The monoisotopic (exact) mass is 311 g/mol. The van der Waals surface area contributed by atoms with E-state index in [1.807, 2.05) is 0 Å². The van der Waals surface area contributed by atoms with Crippen molar-refractivity contribution < 1.29 is 0 Å². The molecular weight excluding hydrogens is 290 g/mol. The topological polar surface area (TPSA) is 12.4 Å². The summed E-state index contributed by atoms with van der Waals surface area (Å²) in [6.45, 7) is 4.45. The predicted molar refractivity (Wildman–Crippen MR) is 101 cm³/mol. The molecule has 1 unspecified atom stereocenters. The van der Waals surface area contributed by atoms with Gasteiger partial charge in [0.15, 0.2) is 0 Å². The Hall–Kier alpha value is -2.67. The molecule has 1 heterocycles. The summed E-state index contributed by atoms with van der Waals surface area (Å²) in [6.07, 6.45) is 0. The molecule has 0 radical (unpaired) electrons. The zero-order valence-corrected chi connectivity index (χ0v) is 14.1. The van der Waals surface area contributed by atoms with Gasteiger partial charge in [0.2, 0.25) is 0 Å². The van der Waals surface area contributed by atoms with Crippen molar-refractivity contribution in [2.45, 2.75) is 25.7 Å². The highest BCUT2D eigenvalue weighted by Gasteiger charge is 2.29. The molecule has 118 valence electrons. The Bertz CT molecular complexity index is 873. The molecule has 0 fully saturated rings. The van der Waals surface area contributed by atoms with Crippen LogP contribution in [0.1, 0.15) is 47.9 Å². The summed E-state index contributed by atoms with van der Waals surface area (Å²) in [5.41, 5.74) is 7.42. The van der Waals surface area contributed by atoms with Crippen molar-refractivity contribution in [3.63, 3.8) is 0 Å². The number of rotatable bonds is 3. The zero-order valence-electron chi connectivity index (χ0n) is 14.1. The molecule has 0 bridgehead atoms. The standard InChI is InChI=1S/C23H21N/c1-16(2)17-12-14-19(15-13-17)23-22(18-8-4-3-5-9-18)20-10-6-7-11-21(20)24-23/h3-16,22H,1-2H3. The van der Waals surface area contributed by atoms with Crippen LogP contribution in [-0.2, 0) is 0 Å². The summed E-state index contributed by atoms with van der Waals surface area (Å²) < 4.78 is 0. The van der Waals surface area contributed by atoms with Crippen LogP contribution in [0.25, 0.3) is 0 Å². The molecule has 0 saturated heterocycles. The van der Waals surface area contributed by atoms with Crippen LogP contribution in [0.5, 0.6) is 0 Å². The molecule has 1 atom stereocenters. The number of nitrogens with zero attached hydrogens (tertiary/aromatic N) is 1. The minimum absolute atomic E-state index is 0.215. The van der Waals surface area contributed by atoms with E-state index in [0.717, 1.165) is 11.4 Å². The van der Waals surface area contributed by atoms with Gasteiger partial charge in [-0.3, -0.25) is 4.99 Å². The minimum Gasteiger partial charge on any atom is -0.252 e. The Morgan fingerprint density at radius 2 is 1.42 bits per heavy atom. The highest BCUT2D eigenvalue weighted by atomic mass is 14.8. The van der Waals surface area contributed by atoms with Crippen LogP contribution < -0.4 is 0 Å². The summed E-state index contributed by atoms with van der Waals surface area (Å²) in [5, 5.41) is 0. The van der Waals surface area contributed by atoms with E-state index < -0.39 is 0 Å². The first-order valence-electron chi connectivity index (χ1n) is 8.57. The summed E-state index contributed by atoms with van der Waals surface area (Å²) in [6, 6.07) is 28.1. The average Bonchev–Trinajstić information content (AvgIpc) is 3.02. The van der Waals surface area contributed by atoms with E-state index >= 15 is 0 Å². The molecule has 1 aliphatic rings. The molecule has 0 N–H and O–H groups in total. The van der Waals surface area contributed by atoms with Gasteiger partial charge in [0.05, 0.1) is 17.3 Å². The normalized spacial score (nSPS) is 16.1. The summed E-state index contributed by atoms with van der Waals surface area (Å²) in [7, 11) is 0. The SMILES string of the molecule is CC(C)c1ccc(C2=Nc3ccccc3C2c2ccccc2)cc1. The Morgan fingerprint density at radius 3 is 2.12 bits per heavy atom. The van der Waals surface area contributed by atoms with Crippen LogP contribution >= 0.6 is 0 Å². The van der Waals surface area contributed by atoms with Crippen molar-refractivity contribution in [1.82, 2.24) is 0 Å². The summed E-state index contributed by atoms with van der Waals surface area (Å²) >= 11 is 0. The van der Waals surface area contributed by atoms with Crippen LogP contribution in [0.15, 0.2) is 83.9 Å². The van der Waals surface area contributed by atoms with Crippen LogP contribution in [0, 0.1) is 0 Å². The highest BCUT2D eigenvalue weighted by molar-refractivity contribution is 6.11. The van der Waals surface area contributed by atoms with E-state index in [1.54, 1.807) is 0 Å².